The number of ether oxygens (including phenoxy) is 1. The van der Waals surface area contributed by atoms with Gasteiger partial charge in [0.1, 0.15) is 23.1 Å². The highest BCUT2D eigenvalue weighted by Crippen LogP contribution is 2.23. The molecule has 1 aliphatic heterocycles. The number of rotatable bonds is 9. The van der Waals surface area contributed by atoms with E-state index in [4.69, 9.17) is 10.5 Å². The van der Waals surface area contributed by atoms with Crippen molar-refractivity contribution < 1.29 is 13.5 Å². The molecule has 42 heavy (non-hydrogen) atoms. The lowest BCUT2D eigenvalue weighted by molar-refractivity contribution is 0.245. The van der Waals surface area contributed by atoms with Crippen LogP contribution >= 0.6 is 0 Å². The zero-order valence-electron chi connectivity index (χ0n) is 23.8. The average molecular weight is 576 g/mol. The summed E-state index contributed by atoms with van der Waals surface area (Å²) in [6.45, 7) is 4.30. The van der Waals surface area contributed by atoms with E-state index in [2.05, 4.69) is 4.90 Å². The molecule has 0 aliphatic carbocycles. The van der Waals surface area contributed by atoms with Crippen molar-refractivity contribution in [1.29, 1.82) is 0 Å². The topological polar surface area (TPSA) is 85.7 Å². The highest BCUT2D eigenvalue weighted by molar-refractivity contribution is 5.50. The largest absolute Gasteiger partial charge is 0.496 e. The van der Waals surface area contributed by atoms with Gasteiger partial charge in [-0.3, -0.25) is 18.8 Å². The monoisotopic (exact) mass is 575 g/mol. The van der Waals surface area contributed by atoms with E-state index >= 15 is 0 Å². The van der Waals surface area contributed by atoms with Gasteiger partial charge in [-0.1, -0.05) is 54.6 Å². The number of anilines is 1. The van der Waals surface area contributed by atoms with Crippen LogP contribution in [0, 0.1) is 18.6 Å². The maximum Gasteiger partial charge on any atom is 0.331 e. The fraction of sp³-hybridized carbons (Fsp3) is 0.312. The van der Waals surface area contributed by atoms with Crippen molar-refractivity contribution in [3.05, 3.63) is 128 Å². The summed E-state index contributed by atoms with van der Waals surface area (Å²) >= 11 is 0. The molecule has 2 heterocycles. The summed E-state index contributed by atoms with van der Waals surface area (Å²) in [7, 11) is 1.65. The van der Waals surface area contributed by atoms with Crippen molar-refractivity contribution in [2.75, 3.05) is 38.2 Å². The van der Waals surface area contributed by atoms with Gasteiger partial charge in [-0.25, -0.2) is 13.6 Å². The van der Waals surface area contributed by atoms with Gasteiger partial charge in [-0.2, -0.15) is 0 Å². The summed E-state index contributed by atoms with van der Waals surface area (Å²) in [5.41, 5.74) is 7.60. The Morgan fingerprint density at radius 2 is 1.48 bits per heavy atom. The minimum atomic E-state index is -0.758. The van der Waals surface area contributed by atoms with Gasteiger partial charge in [0.2, 0.25) is 0 Å². The number of para-hydroxylation sites is 1. The van der Waals surface area contributed by atoms with Crippen LogP contribution in [0.3, 0.4) is 0 Å². The average Bonchev–Trinajstić information content (AvgIpc) is 3.00. The minimum absolute atomic E-state index is 0.0809. The van der Waals surface area contributed by atoms with E-state index in [1.165, 1.54) is 10.6 Å². The maximum atomic E-state index is 14.7. The van der Waals surface area contributed by atoms with Crippen LogP contribution in [-0.2, 0) is 19.6 Å². The normalized spacial score (nSPS) is 14.6. The van der Waals surface area contributed by atoms with Crippen LogP contribution in [0.15, 0.2) is 82.4 Å². The van der Waals surface area contributed by atoms with Crippen LogP contribution < -0.4 is 26.6 Å². The van der Waals surface area contributed by atoms with Crippen LogP contribution in [0.25, 0.3) is 0 Å². The second kappa shape index (κ2) is 12.7. The van der Waals surface area contributed by atoms with Gasteiger partial charge in [-0.15, -0.1) is 0 Å². The Labute approximate surface area is 243 Å². The summed E-state index contributed by atoms with van der Waals surface area (Å²) in [5, 5.41) is 0. The Hall–Kier alpha value is -4.28. The van der Waals surface area contributed by atoms with Crippen LogP contribution in [-0.4, -0.2) is 47.3 Å². The van der Waals surface area contributed by atoms with E-state index in [0.717, 1.165) is 33.6 Å². The van der Waals surface area contributed by atoms with Crippen molar-refractivity contribution in [3.63, 3.8) is 0 Å². The van der Waals surface area contributed by atoms with Gasteiger partial charge in [0.05, 0.1) is 20.2 Å². The van der Waals surface area contributed by atoms with Crippen LogP contribution in [0.5, 0.6) is 5.75 Å². The third-order valence-electron chi connectivity index (χ3n) is 7.92. The van der Waals surface area contributed by atoms with Crippen LogP contribution in [0.4, 0.5) is 14.5 Å². The molecule has 10 heteroatoms. The quantitative estimate of drug-likeness (QED) is 0.328. The number of hydrogen-bond donors (Lipinski definition) is 1. The van der Waals surface area contributed by atoms with E-state index in [0.29, 0.717) is 44.1 Å². The molecule has 0 unspecified atom stereocenters. The van der Waals surface area contributed by atoms with Crippen molar-refractivity contribution in [1.82, 2.24) is 14.0 Å². The van der Waals surface area contributed by atoms with Crippen LogP contribution in [0.1, 0.15) is 28.4 Å². The number of halogens is 2. The molecule has 4 aromatic rings. The van der Waals surface area contributed by atoms with E-state index in [9.17, 15) is 18.4 Å². The minimum Gasteiger partial charge on any atom is -0.496 e. The molecule has 1 atom stereocenters. The third kappa shape index (κ3) is 6.00. The zero-order chi connectivity index (χ0) is 29.8. The van der Waals surface area contributed by atoms with Gasteiger partial charge >= 0.3 is 5.69 Å². The van der Waals surface area contributed by atoms with Gasteiger partial charge in [-0.05, 0) is 30.7 Å². The summed E-state index contributed by atoms with van der Waals surface area (Å²) < 4.78 is 37.2. The van der Waals surface area contributed by atoms with Gasteiger partial charge in [0.25, 0.3) is 5.56 Å². The molecule has 0 amide bonds. The second-order valence-electron chi connectivity index (χ2n) is 10.5. The number of benzene rings is 3. The molecular formula is C32H35F2N5O3. The van der Waals surface area contributed by atoms with E-state index in [-0.39, 0.29) is 18.7 Å². The molecule has 220 valence electrons. The lowest BCUT2D eigenvalue weighted by atomic mass is 10.1. The predicted octanol–water partition coefficient (Wildman–Crippen LogP) is 3.68. The highest BCUT2D eigenvalue weighted by atomic mass is 19.1. The standard InChI is InChI=1S/C32H35F2N5O3/c1-22-30(37-17-15-36(16-18-37)19-24-11-6-7-14-29(24)42-2)31(40)39(21-28(35)23-9-4-3-5-10-23)32(41)38(22)20-25-26(33)12-8-13-27(25)34/h3-14,28H,15-21,35H2,1-2H3/t28-/m0/s1. The molecule has 3 aromatic carbocycles. The van der Waals surface area contributed by atoms with Crippen molar-refractivity contribution >= 4 is 5.69 Å². The molecule has 1 aliphatic rings. The first kappa shape index (κ1) is 29.2. The van der Waals surface area contributed by atoms with Gasteiger partial charge < -0.3 is 15.4 Å². The summed E-state index contributed by atoms with van der Waals surface area (Å²) in [6.07, 6.45) is 0. The molecule has 0 spiro atoms. The van der Waals surface area contributed by atoms with Crippen LogP contribution in [0.2, 0.25) is 0 Å². The Morgan fingerprint density at radius 3 is 2.14 bits per heavy atom. The molecule has 5 rings (SSSR count). The number of piperazine rings is 1. The molecule has 0 saturated carbocycles. The van der Waals surface area contributed by atoms with Crippen molar-refractivity contribution in [3.8, 4) is 5.75 Å². The fourth-order valence-corrected chi connectivity index (χ4v) is 5.55. The number of methoxy groups -OCH3 is 1. The SMILES string of the molecule is COc1ccccc1CN1CCN(c2c(C)n(Cc3c(F)cccc3F)c(=O)n(C[C@H](N)c3ccccc3)c2=O)CC1. The lowest BCUT2D eigenvalue weighted by Crippen LogP contribution is -2.51. The molecule has 1 aromatic heterocycles. The zero-order valence-corrected chi connectivity index (χ0v) is 23.8. The Balaban J connectivity index is 1.49. The molecule has 1 fully saturated rings. The molecule has 0 bridgehead atoms. The molecule has 0 radical (unpaired) electrons. The first-order chi connectivity index (χ1) is 20.3. The smallest absolute Gasteiger partial charge is 0.331 e. The van der Waals surface area contributed by atoms with Gasteiger partial charge in [0, 0.05) is 55.6 Å². The number of hydrogen-bond acceptors (Lipinski definition) is 6. The summed E-state index contributed by atoms with van der Waals surface area (Å²) in [5.74, 6) is -0.695. The number of nitrogens with zero attached hydrogens (tertiary/aromatic N) is 4. The van der Waals surface area contributed by atoms with Crippen molar-refractivity contribution in [2.45, 2.75) is 32.6 Å². The third-order valence-corrected chi connectivity index (χ3v) is 7.92. The second-order valence-corrected chi connectivity index (χ2v) is 10.5. The summed E-state index contributed by atoms with van der Waals surface area (Å²) in [6, 6.07) is 20.0. The number of nitrogens with two attached hydrogens (primary N) is 1. The van der Waals surface area contributed by atoms with E-state index < -0.39 is 28.9 Å². The van der Waals surface area contributed by atoms with Gasteiger partial charge in [0.15, 0.2) is 0 Å². The Morgan fingerprint density at radius 1 is 0.833 bits per heavy atom. The molecule has 2 N–H and O–H groups in total. The molecular weight excluding hydrogens is 540 g/mol. The molecule has 1 saturated heterocycles. The fourth-order valence-electron chi connectivity index (χ4n) is 5.55. The maximum absolute atomic E-state index is 14.7. The molecule has 8 nitrogen and oxygen atoms in total. The summed E-state index contributed by atoms with van der Waals surface area (Å²) in [4.78, 5) is 31.9. The predicted molar refractivity (Wildman–Crippen MR) is 159 cm³/mol. The lowest BCUT2D eigenvalue weighted by Gasteiger charge is -2.37. The Bertz CT molecular complexity index is 1640. The number of aromatic nitrogens is 2. The first-order valence-corrected chi connectivity index (χ1v) is 13.9. The first-order valence-electron chi connectivity index (χ1n) is 13.9. The highest BCUT2D eigenvalue weighted by Gasteiger charge is 2.27. The van der Waals surface area contributed by atoms with E-state index in [1.807, 2.05) is 59.5 Å². The van der Waals surface area contributed by atoms with E-state index in [1.54, 1.807) is 14.0 Å². The van der Waals surface area contributed by atoms with Crippen molar-refractivity contribution in [2.24, 2.45) is 5.73 Å². The Kier molecular flexibility index (Phi) is 8.84.